The first kappa shape index (κ1) is 12.9. The maximum absolute atomic E-state index is 12.2. The van der Waals surface area contributed by atoms with Crippen molar-refractivity contribution in [2.24, 2.45) is 0 Å². The summed E-state index contributed by atoms with van der Waals surface area (Å²) in [6, 6.07) is 3.12. The van der Waals surface area contributed by atoms with Gasteiger partial charge in [-0.15, -0.1) is 0 Å². The molecule has 0 saturated heterocycles. The minimum atomic E-state index is -0.385. The molecule has 0 amide bonds. The molecule has 6 rings (SSSR count). The lowest BCUT2D eigenvalue weighted by atomic mass is 9.94. The Hall–Kier alpha value is -2.10. The lowest BCUT2D eigenvalue weighted by molar-refractivity contribution is -0.0115. The van der Waals surface area contributed by atoms with Gasteiger partial charge in [0.2, 0.25) is 0 Å². The second-order valence-electron chi connectivity index (χ2n) is 5.33. The van der Waals surface area contributed by atoms with Crippen LogP contribution < -0.4 is 10.4 Å². The fourth-order valence-electron chi connectivity index (χ4n) is 2.77. The molecule has 1 aromatic carbocycles. The fourth-order valence-corrected chi connectivity index (χ4v) is 2.77. The molecule has 20 heavy (non-hydrogen) atoms. The van der Waals surface area contributed by atoms with Crippen molar-refractivity contribution >= 4 is 25.1 Å². The molecule has 0 atom stereocenters. The Labute approximate surface area is 116 Å². The van der Waals surface area contributed by atoms with Gasteiger partial charge in [0.15, 0.2) is 0 Å². The summed E-state index contributed by atoms with van der Waals surface area (Å²) in [4.78, 5) is 24.3. The van der Waals surface area contributed by atoms with Crippen molar-refractivity contribution in [1.82, 2.24) is 0 Å². The Balaban J connectivity index is 2.13. The predicted octanol–water partition coefficient (Wildman–Crippen LogP) is 1.15. The fraction of sp³-hybridized carbons (Fsp3) is 0.375. The number of carbonyl (C=O) groups excluding carboxylic acids is 2. The van der Waals surface area contributed by atoms with Gasteiger partial charge in [-0.1, -0.05) is 13.2 Å². The highest BCUT2D eigenvalue weighted by atomic mass is 16.6. The SMILES string of the molecule is C=c1c2ccc(c1=C)C(=O)OC1CCC(CC1)OC2=O. The van der Waals surface area contributed by atoms with E-state index >= 15 is 0 Å². The first-order valence-corrected chi connectivity index (χ1v) is 6.79. The second-order valence-corrected chi connectivity index (χ2v) is 5.33. The number of carbonyl (C=O) groups is 2. The smallest absolute Gasteiger partial charge is 0.339 e. The highest BCUT2D eigenvalue weighted by Gasteiger charge is 2.28. The molecule has 0 radical (unpaired) electrons. The minimum absolute atomic E-state index is 0.107. The molecule has 104 valence electrons. The zero-order valence-corrected chi connectivity index (χ0v) is 11.2. The molecule has 1 fully saturated rings. The Morgan fingerprint density at radius 3 is 1.50 bits per heavy atom. The molecule has 0 spiro atoms. The van der Waals surface area contributed by atoms with Gasteiger partial charge in [0.05, 0.1) is 11.1 Å². The summed E-state index contributed by atoms with van der Waals surface area (Å²) in [7, 11) is 0. The molecule has 4 heterocycles. The van der Waals surface area contributed by atoms with Crippen LogP contribution in [0.4, 0.5) is 0 Å². The van der Waals surface area contributed by atoms with Gasteiger partial charge in [0.25, 0.3) is 0 Å². The molecule has 1 saturated carbocycles. The second kappa shape index (κ2) is 4.78. The van der Waals surface area contributed by atoms with Crippen LogP contribution >= 0.6 is 0 Å². The number of hydrogen-bond donors (Lipinski definition) is 0. The van der Waals surface area contributed by atoms with Crippen molar-refractivity contribution in [2.75, 3.05) is 0 Å². The van der Waals surface area contributed by atoms with Gasteiger partial charge in [-0.3, -0.25) is 0 Å². The van der Waals surface area contributed by atoms with Crippen molar-refractivity contribution in [3.63, 3.8) is 0 Å². The Bertz CT molecular complexity index is 609. The maximum Gasteiger partial charge on any atom is 0.339 e. The van der Waals surface area contributed by atoms with E-state index < -0.39 is 0 Å². The minimum Gasteiger partial charge on any atom is -0.459 e. The molecule has 5 aliphatic rings. The third-order valence-electron chi connectivity index (χ3n) is 4.04. The predicted molar refractivity (Wildman–Crippen MR) is 73.6 cm³/mol. The van der Waals surface area contributed by atoms with Crippen molar-refractivity contribution in [1.29, 1.82) is 0 Å². The van der Waals surface area contributed by atoms with Gasteiger partial charge in [0, 0.05) is 0 Å². The molecule has 4 heteroatoms. The van der Waals surface area contributed by atoms with Gasteiger partial charge in [-0.2, -0.15) is 0 Å². The first-order valence-electron chi connectivity index (χ1n) is 6.79. The summed E-state index contributed by atoms with van der Waals surface area (Å²) in [5, 5.41) is 0.863. The first-order chi connectivity index (χ1) is 9.56. The molecule has 0 unspecified atom stereocenters. The monoisotopic (exact) mass is 272 g/mol. The van der Waals surface area contributed by atoms with Crippen LogP contribution in [0.1, 0.15) is 46.4 Å². The van der Waals surface area contributed by atoms with E-state index in [-0.39, 0.29) is 24.1 Å². The quantitative estimate of drug-likeness (QED) is 0.665. The van der Waals surface area contributed by atoms with Gasteiger partial charge in [-0.25, -0.2) is 9.59 Å². The summed E-state index contributed by atoms with van der Waals surface area (Å²) >= 11 is 0. The Morgan fingerprint density at radius 1 is 0.800 bits per heavy atom. The highest BCUT2D eigenvalue weighted by Crippen LogP contribution is 2.25. The summed E-state index contributed by atoms with van der Waals surface area (Å²) < 4.78 is 11.0. The van der Waals surface area contributed by atoms with Crippen molar-refractivity contribution in [3.8, 4) is 0 Å². The van der Waals surface area contributed by atoms with Crippen LogP contribution in [0.3, 0.4) is 0 Å². The molecule has 4 nitrogen and oxygen atoms in total. The van der Waals surface area contributed by atoms with E-state index in [0.717, 1.165) is 25.7 Å². The van der Waals surface area contributed by atoms with E-state index in [4.69, 9.17) is 9.47 Å². The molecular weight excluding hydrogens is 256 g/mol. The van der Waals surface area contributed by atoms with E-state index in [0.29, 0.717) is 21.6 Å². The molecule has 4 bridgehead atoms. The summed E-state index contributed by atoms with van der Waals surface area (Å²) in [6.45, 7) is 7.67. The standard InChI is InChI=1S/C16H16O4/c1-9-10(2)14-8-7-13(9)15(17)19-11-3-5-12(6-4-11)20-16(14)18/h7-8,11-12H,1-6H2. The van der Waals surface area contributed by atoms with Gasteiger partial charge >= 0.3 is 11.9 Å². The van der Waals surface area contributed by atoms with E-state index in [1.807, 2.05) is 0 Å². The number of benzene rings is 1. The number of esters is 2. The Kier molecular flexibility index (Phi) is 3.08. The third-order valence-corrected chi connectivity index (χ3v) is 4.04. The van der Waals surface area contributed by atoms with Crippen LogP contribution in [0.15, 0.2) is 12.1 Å². The van der Waals surface area contributed by atoms with Crippen LogP contribution in [-0.2, 0) is 9.47 Å². The molecular formula is C16H16O4. The van der Waals surface area contributed by atoms with Crippen molar-refractivity contribution in [2.45, 2.75) is 37.9 Å². The van der Waals surface area contributed by atoms with Crippen molar-refractivity contribution in [3.05, 3.63) is 33.7 Å². The average molecular weight is 272 g/mol. The third kappa shape index (κ3) is 2.11. The zero-order valence-electron chi connectivity index (χ0n) is 11.2. The molecule has 0 aromatic heterocycles. The Morgan fingerprint density at radius 2 is 1.15 bits per heavy atom. The number of hydrogen-bond acceptors (Lipinski definition) is 4. The van der Waals surface area contributed by atoms with Crippen LogP contribution in [0.25, 0.3) is 13.2 Å². The van der Waals surface area contributed by atoms with E-state index in [2.05, 4.69) is 13.2 Å². The molecule has 1 aliphatic carbocycles. The lowest BCUT2D eigenvalue weighted by Crippen LogP contribution is -2.38. The molecule has 1 aromatic rings. The average Bonchev–Trinajstić information content (AvgIpc) is 2.42. The highest BCUT2D eigenvalue weighted by molar-refractivity contribution is 5.94. The van der Waals surface area contributed by atoms with Crippen LogP contribution in [0, 0.1) is 0 Å². The normalized spacial score (nSPS) is 25.6. The summed E-state index contributed by atoms with van der Waals surface area (Å²) in [6.07, 6.45) is 2.69. The van der Waals surface area contributed by atoms with Crippen molar-refractivity contribution < 1.29 is 19.1 Å². The van der Waals surface area contributed by atoms with Gasteiger partial charge in [-0.05, 0) is 48.3 Å². The van der Waals surface area contributed by atoms with Crippen LogP contribution in [-0.4, -0.2) is 24.1 Å². The summed E-state index contributed by atoms with van der Waals surface area (Å²) in [5.74, 6) is -0.771. The van der Waals surface area contributed by atoms with E-state index in [9.17, 15) is 9.59 Å². The van der Waals surface area contributed by atoms with Crippen LogP contribution in [0.5, 0.6) is 0 Å². The maximum atomic E-state index is 12.2. The number of ether oxygens (including phenoxy) is 2. The van der Waals surface area contributed by atoms with Gasteiger partial charge in [0.1, 0.15) is 12.2 Å². The van der Waals surface area contributed by atoms with E-state index in [1.54, 1.807) is 12.1 Å². The largest absolute Gasteiger partial charge is 0.459 e. The molecule has 4 aliphatic heterocycles. The molecule has 0 N–H and O–H groups in total. The van der Waals surface area contributed by atoms with E-state index in [1.165, 1.54) is 0 Å². The lowest BCUT2D eigenvalue weighted by Gasteiger charge is -2.29. The zero-order chi connectivity index (χ0) is 14.3. The summed E-state index contributed by atoms with van der Waals surface area (Å²) in [5.41, 5.74) is 0.739. The number of rotatable bonds is 0. The topological polar surface area (TPSA) is 52.6 Å². The van der Waals surface area contributed by atoms with Gasteiger partial charge < -0.3 is 9.47 Å². The van der Waals surface area contributed by atoms with Crippen LogP contribution in [0.2, 0.25) is 0 Å².